The molecule has 0 atom stereocenters. The van der Waals surface area contributed by atoms with E-state index in [-0.39, 0.29) is 6.03 Å². The van der Waals surface area contributed by atoms with Gasteiger partial charge in [0, 0.05) is 17.3 Å². The highest BCUT2D eigenvalue weighted by Gasteiger charge is 2.04. The van der Waals surface area contributed by atoms with Crippen LogP contribution in [0.2, 0.25) is 5.02 Å². The maximum Gasteiger partial charge on any atom is 0.319 e. The van der Waals surface area contributed by atoms with Gasteiger partial charge < -0.3 is 10.6 Å². The van der Waals surface area contributed by atoms with E-state index in [4.69, 9.17) is 11.6 Å². The van der Waals surface area contributed by atoms with Gasteiger partial charge in [-0.15, -0.1) is 0 Å². The summed E-state index contributed by atoms with van der Waals surface area (Å²) in [6.07, 6.45) is 21.8. The summed E-state index contributed by atoms with van der Waals surface area (Å²) < 4.78 is 0. The molecule has 0 aliphatic carbocycles. The molecule has 0 saturated carbocycles. The minimum absolute atomic E-state index is 0.138. The maximum atomic E-state index is 12.0. The van der Waals surface area contributed by atoms with E-state index in [1.807, 2.05) is 19.1 Å². The lowest BCUT2D eigenvalue weighted by molar-refractivity contribution is 0.252. The van der Waals surface area contributed by atoms with Gasteiger partial charge in [-0.05, 0) is 37.1 Å². The number of hydrogen-bond donors (Lipinski definition) is 2. The van der Waals surface area contributed by atoms with E-state index in [0.717, 1.165) is 24.2 Å². The first-order chi connectivity index (χ1) is 14.6. The van der Waals surface area contributed by atoms with E-state index in [0.29, 0.717) is 5.02 Å². The highest BCUT2D eigenvalue weighted by molar-refractivity contribution is 6.30. The van der Waals surface area contributed by atoms with E-state index in [9.17, 15) is 4.79 Å². The second-order valence-corrected chi connectivity index (χ2v) is 9.08. The number of aryl methyl sites for hydroxylation is 1. The Morgan fingerprint density at radius 3 is 1.70 bits per heavy atom. The first-order valence-electron chi connectivity index (χ1n) is 12.4. The Morgan fingerprint density at radius 2 is 1.23 bits per heavy atom. The number of halogens is 1. The average Bonchev–Trinajstić information content (AvgIpc) is 2.72. The van der Waals surface area contributed by atoms with Crippen LogP contribution in [0.15, 0.2) is 18.2 Å². The van der Waals surface area contributed by atoms with Gasteiger partial charge in [0.1, 0.15) is 0 Å². The molecule has 0 heterocycles. The third-order valence-corrected chi connectivity index (χ3v) is 5.99. The smallest absolute Gasteiger partial charge is 0.319 e. The fraction of sp³-hybridized carbons (Fsp3) is 0.731. The van der Waals surface area contributed by atoms with Crippen LogP contribution < -0.4 is 10.6 Å². The van der Waals surface area contributed by atoms with Gasteiger partial charge in [0.2, 0.25) is 0 Å². The van der Waals surface area contributed by atoms with E-state index in [2.05, 4.69) is 17.6 Å². The third kappa shape index (κ3) is 14.7. The Hall–Kier alpha value is -1.22. The van der Waals surface area contributed by atoms with Crippen LogP contribution in [-0.4, -0.2) is 12.6 Å². The van der Waals surface area contributed by atoms with Crippen LogP contribution in [0.1, 0.15) is 115 Å². The largest absolute Gasteiger partial charge is 0.338 e. The SMILES string of the molecule is CCCCCCCCCCCCCCCCCCNC(=O)Nc1ccc(Cl)cc1C. The normalized spacial score (nSPS) is 10.9. The van der Waals surface area contributed by atoms with Gasteiger partial charge in [0.25, 0.3) is 0 Å². The van der Waals surface area contributed by atoms with Crippen LogP contribution in [0.3, 0.4) is 0 Å². The molecule has 0 aliphatic rings. The van der Waals surface area contributed by atoms with Gasteiger partial charge >= 0.3 is 6.03 Å². The predicted molar refractivity (Wildman–Crippen MR) is 133 cm³/mol. The quantitative estimate of drug-likeness (QED) is 0.221. The number of carbonyl (C=O) groups is 1. The van der Waals surface area contributed by atoms with Crippen molar-refractivity contribution in [3.63, 3.8) is 0 Å². The zero-order chi connectivity index (χ0) is 21.9. The van der Waals surface area contributed by atoms with Gasteiger partial charge in [-0.3, -0.25) is 0 Å². The van der Waals surface area contributed by atoms with Gasteiger partial charge in [0.05, 0.1) is 0 Å². The number of urea groups is 1. The molecule has 1 aromatic carbocycles. The minimum atomic E-state index is -0.138. The lowest BCUT2D eigenvalue weighted by Crippen LogP contribution is -2.29. The van der Waals surface area contributed by atoms with Gasteiger partial charge in [-0.1, -0.05) is 115 Å². The summed E-state index contributed by atoms with van der Waals surface area (Å²) in [5.74, 6) is 0. The molecule has 30 heavy (non-hydrogen) atoms. The molecule has 2 N–H and O–H groups in total. The van der Waals surface area contributed by atoms with E-state index >= 15 is 0 Å². The Bertz CT molecular complexity index is 562. The molecule has 0 saturated heterocycles. The molecule has 0 unspecified atom stereocenters. The average molecular weight is 437 g/mol. The zero-order valence-corrected chi connectivity index (χ0v) is 20.3. The predicted octanol–water partition coefficient (Wildman–Crippen LogP) is 9.03. The van der Waals surface area contributed by atoms with Crippen LogP contribution >= 0.6 is 11.6 Å². The molecular formula is C26H45ClN2O. The lowest BCUT2D eigenvalue weighted by Gasteiger charge is -2.10. The molecule has 0 radical (unpaired) electrons. The fourth-order valence-electron chi connectivity index (χ4n) is 3.81. The molecule has 0 fully saturated rings. The third-order valence-electron chi connectivity index (χ3n) is 5.75. The van der Waals surface area contributed by atoms with Crippen molar-refractivity contribution in [2.24, 2.45) is 0 Å². The van der Waals surface area contributed by atoms with Gasteiger partial charge in [-0.2, -0.15) is 0 Å². The summed E-state index contributed by atoms with van der Waals surface area (Å²) in [5, 5.41) is 6.51. The van der Waals surface area contributed by atoms with Crippen LogP contribution in [0.5, 0.6) is 0 Å². The number of anilines is 1. The van der Waals surface area contributed by atoms with E-state index in [1.165, 1.54) is 96.3 Å². The van der Waals surface area contributed by atoms with Crippen LogP contribution in [0.25, 0.3) is 0 Å². The van der Waals surface area contributed by atoms with Crippen molar-refractivity contribution in [2.45, 2.75) is 117 Å². The highest BCUT2D eigenvalue weighted by Crippen LogP contribution is 2.19. The molecule has 0 bridgehead atoms. The van der Waals surface area contributed by atoms with Crippen molar-refractivity contribution in [3.05, 3.63) is 28.8 Å². The maximum absolute atomic E-state index is 12.0. The van der Waals surface area contributed by atoms with Crippen molar-refractivity contribution in [1.82, 2.24) is 5.32 Å². The number of carbonyl (C=O) groups excluding carboxylic acids is 1. The molecule has 0 aliphatic heterocycles. The Kier molecular flexibility index (Phi) is 16.6. The lowest BCUT2D eigenvalue weighted by atomic mass is 10.0. The number of hydrogen-bond acceptors (Lipinski definition) is 1. The molecule has 0 aromatic heterocycles. The Morgan fingerprint density at radius 1 is 0.767 bits per heavy atom. The topological polar surface area (TPSA) is 41.1 Å². The summed E-state index contributed by atoms with van der Waals surface area (Å²) in [4.78, 5) is 12.0. The molecular weight excluding hydrogens is 392 g/mol. The van der Waals surface area contributed by atoms with Crippen molar-refractivity contribution in [2.75, 3.05) is 11.9 Å². The van der Waals surface area contributed by atoms with Crippen LogP contribution in [0.4, 0.5) is 10.5 Å². The highest BCUT2D eigenvalue weighted by atomic mass is 35.5. The number of nitrogens with one attached hydrogen (secondary N) is 2. The second-order valence-electron chi connectivity index (χ2n) is 8.64. The standard InChI is InChI=1S/C26H45ClN2O/c1-3-4-5-6-7-8-9-10-11-12-13-14-15-16-17-18-21-28-26(30)29-25-20-19-24(27)22-23(25)2/h19-20,22H,3-18,21H2,1-2H3,(H2,28,29,30). The van der Waals surface area contributed by atoms with Crippen molar-refractivity contribution in [1.29, 1.82) is 0 Å². The Labute approximate surface area is 190 Å². The molecule has 1 rings (SSSR count). The van der Waals surface area contributed by atoms with Crippen molar-refractivity contribution < 1.29 is 4.79 Å². The minimum Gasteiger partial charge on any atom is -0.338 e. The number of benzene rings is 1. The fourth-order valence-corrected chi connectivity index (χ4v) is 4.04. The summed E-state index contributed by atoms with van der Waals surface area (Å²) >= 11 is 5.94. The molecule has 3 nitrogen and oxygen atoms in total. The number of unbranched alkanes of at least 4 members (excludes halogenated alkanes) is 15. The molecule has 2 amide bonds. The van der Waals surface area contributed by atoms with Gasteiger partial charge in [-0.25, -0.2) is 4.79 Å². The van der Waals surface area contributed by atoms with Crippen molar-refractivity contribution in [3.8, 4) is 0 Å². The van der Waals surface area contributed by atoms with Crippen molar-refractivity contribution >= 4 is 23.3 Å². The van der Waals surface area contributed by atoms with E-state index < -0.39 is 0 Å². The first kappa shape index (κ1) is 26.8. The molecule has 1 aromatic rings. The second kappa shape index (κ2) is 18.5. The zero-order valence-electron chi connectivity index (χ0n) is 19.5. The first-order valence-corrected chi connectivity index (χ1v) is 12.8. The summed E-state index contributed by atoms with van der Waals surface area (Å²) in [7, 11) is 0. The summed E-state index contributed by atoms with van der Waals surface area (Å²) in [6.45, 7) is 4.96. The molecule has 0 spiro atoms. The summed E-state index contributed by atoms with van der Waals surface area (Å²) in [6, 6.07) is 5.35. The summed E-state index contributed by atoms with van der Waals surface area (Å²) in [5.41, 5.74) is 1.78. The monoisotopic (exact) mass is 436 g/mol. The number of amides is 2. The van der Waals surface area contributed by atoms with Crippen LogP contribution in [0, 0.1) is 6.92 Å². The van der Waals surface area contributed by atoms with Crippen LogP contribution in [-0.2, 0) is 0 Å². The molecule has 172 valence electrons. The van der Waals surface area contributed by atoms with Gasteiger partial charge in [0.15, 0.2) is 0 Å². The van der Waals surface area contributed by atoms with E-state index in [1.54, 1.807) is 6.07 Å². The number of rotatable bonds is 18. The molecule has 4 heteroatoms. The Balaban J connectivity index is 1.82.